The first-order valence-corrected chi connectivity index (χ1v) is 7.21. The molecule has 2 N–H and O–H groups in total. The second-order valence-corrected chi connectivity index (χ2v) is 5.00. The molecule has 0 atom stereocenters. The van der Waals surface area contributed by atoms with Gasteiger partial charge in [0.25, 0.3) is 0 Å². The van der Waals surface area contributed by atoms with Gasteiger partial charge in [-0.3, -0.25) is 9.48 Å². The minimum absolute atomic E-state index is 0.181. The quantitative estimate of drug-likeness (QED) is 0.712. The summed E-state index contributed by atoms with van der Waals surface area (Å²) in [5, 5.41) is 3.99. The van der Waals surface area contributed by atoms with Gasteiger partial charge in [-0.25, -0.2) is 4.98 Å². The lowest BCUT2D eigenvalue weighted by molar-refractivity contribution is -0.134. The van der Waals surface area contributed by atoms with E-state index in [2.05, 4.69) is 10.1 Å². The van der Waals surface area contributed by atoms with E-state index in [4.69, 9.17) is 10.5 Å². The van der Waals surface area contributed by atoms with Gasteiger partial charge in [0.1, 0.15) is 12.7 Å². The molecule has 0 bridgehead atoms. The van der Waals surface area contributed by atoms with Gasteiger partial charge in [-0.1, -0.05) is 0 Å². The van der Waals surface area contributed by atoms with Gasteiger partial charge in [0.15, 0.2) is 0 Å². The molecule has 0 aromatic carbocycles. The van der Waals surface area contributed by atoms with Gasteiger partial charge in [0.05, 0.1) is 12.6 Å². The molecule has 2 heterocycles. The van der Waals surface area contributed by atoms with Crippen LogP contribution in [0.15, 0.2) is 12.7 Å². The van der Waals surface area contributed by atoms with Crippen LogP contribution in [0.3, 0.4) is 0 Å². The molecule has 1 fully saturated rings. The van der Waals surface area contributed by atoms with Gasteiger partial charge in [0, 0.05) is 26.1 Å². The number of hydrogen-bond acceptors (Lipinski definition) is 5. The summed E-state index contributed by atoms with van der Waals surface area (Å²) in [6.45, 7) is 3.54. The van der Waals surface area contributed by atoms with E-state index in [1.165, 1.54) is 6.33 Å². The summed E-state index contributed by atoms with van der Waals surface area (Å²) in [5.74, 6) is 0.181. The van der Waals surface area contributed by atoms with Crippen LogP contribution < -0.4 is 5.73 Å². The topological polar surface area (TPSA) is 86.3 Å². The minimum atomic E-state index is 0.181. The van der Waals surface area contributed by atoms with E-state index in [0.717, 1.165) is 39.0 Å². The molecule has 7 nitrogen and oxygen atoms in total. The number of amides is 1. The van der Waals surface area contributed by atoms with Crippen molar-refractivity contribution in [1.29, 1.82) is 0 Å². The second kappa shape index (κ2) is 7.96. The fraction of sp³-hybridized carbons (Fsp3) is 0.769. The van der Waals surface area contributed by atoms with E-state index in [1.807, 2.05) is 4.90 Å². The number of ether oxygens (including phenoxy) is 1. The van der Waals surface area contributed by atoms with E-state index in [9.17, 15) is 4.79 Å². The molecule has 1 aliphatic rings. The van der Waals surface area contributed by atoms with Crippen molar-refractivity contribution in [2.45, 2.75) is 38.3 Å². The number of carbonyl (C=O) groups excluding carboxylic acids is 1. The number of nitrogens with zero attached hydrogens (tertiary/aromatic N) is 4. The van der Waals surface area contributed by atoms with Crippen LogP contribution in [-0.2, 0) is 16.1 Å². The van der Waals surface area contributed by atoms with Gasteiger partial charge >= 0.3 is 0 Å². The van der Waals surface area contributed by atoms with Crippen molar-refractivity contribution in [3.8, 4) is 0 Å². The zero-order valence-electron chi connectivity index (χ0n) is 11.8. The summed E-state index contributed by atoms with van der Waals surface area (Å²) in [7, 11) is 0. The predicted octanol–water partition coefficient (Wildman–Crippen LogP) is 0.0246. The summed E-state index contributed by atoms with van der Waals surface area (Å²) < 4.78 is 7.41. The Hall–Kier alpha value is -1.47. The molecule has 0 spiro atoms. The molecular formula is C13H23N5O2. The molecule has 0 radical (unpaired) electrons. The highest BCUT2D eigenvalue weighted by Gasteiger charge is 2.22. The van der Waals surface area contributed by atoms with Crippen molar-refractivity contribution in [3.63, 3.8) is 0 Å². The lowest BCUT2D eigenvalue weighted by Gasteiger charge is -2.32. The van der Waals surface area contributed by atoms with Crippen molar-refractivity contribution >= 4 is 5.91 Å². The molecule has 2 rings (SSSR count). The zero-order chi connectivity index (χ0) is 14.2. The van der Waals surface area contributed by atoms with Gasteiger partial charge < -0.3 is 15.4 Å². The first kappa shape index (κ1) is 14.9. The Morgan fingerprint density at radius 3 is 2.85 bits per heavy atom. The predicted molar refractivity (Wildman–Crippen MR) is 73.9 cm³/mol. The second-order valence-electron chi connectivity index (χ2n) is 5.00. The molecule has 20 heavy (non-hydrogen) atoms. The van der Waals surface area contributed by atoms with Crippen LogP contribution in [0.5, 0.6) is 0 Å². The summed E-state index contributed by atoms with van der Waals surface area (Å²) in [5.41, 5.74) is 5.43. The third-order valence-corrected chi connectivity index (χ3v) is 3.52. The molecular weight excluding hydrogens is 258 g/mol. The minimum Gasteiger partial charge on any atom is -0.378 e. The molecule has 1 amide bonds. The third-order valence-electron chi connectivity index (χ3n) is 3.52. The van der Waals surface area contributed by atoms with Gasteiger partial charge in [-0.2, -0.15) is 5.10 Å². The molecule has 1 aromatic rings. The maximum Gasteiger partial charge on any atom is 0.224 e. The van der Waals surface area contributed by atoms with Crippen molar-refractivity contribution in [1.82, 2.24) is 19.7 Å². The summed E-state index contributed by atoms with van der Waals surface area (Å²) >= 11 is 0. The van der Waals surface area contributed by atoms with Crippen molar-refractivity contribution in [2.24, 2.45) is 5.73 Å². The number of aryl methyl sites for hydroxylation is 1. The zero-order valence-corrected chi connectivity index (χ0v) is 11.8. The molecule has 1 saturated heterocycles. The van der Waals surface area contributed by atoms with Crippen LogP contribution in [0.1, 0.15) is 25.7 Å². The van der Waals surface area contributed by atoms with E-state index in [1.54, 1.807) is 11.0 Å². The fourth-order valence-corrected chi connectivity index (χ4v) is 2.32. The van der Waals surface area contributed by atoms with Crippen molar-refractivity contribution < 1.29 is 9.53 Å². The van der Waals surface area contributed by atoms with E-state index >= 15 is 0 Å². The highest BCUT2D eigenvalue weighted by molar-refractivity contribution is 5.76. The number of hydrogen-bond donors (Lipinski definition) is 1. The average Bonchev–Trinajstić information content (AvgIpc) is 2.99. The number of nitrogens with two attached hydrogens (primary N) is 1. The molecule has 112 valence electrons. The average molecular weight is 281 g/mol. The van der Waals surface area contributed by atoms with Gasteiger partial charge in [-0.05, 0) is 25.8 Å². The highest BCUT2D eigenvalue weighted by atomic mass is 16.5. The van der Waals surface area contributed by atoms with Crippen molar-refractivity contribution in [3.05, 3.63) is 12.7 Å². The smallest absolute Gasteiger partial charge is 0.224 e. The lowest BCUT2D eigenvalue weighted by Crippen LogP contribution is -2.41. The molecule has 0 saturated carbocycles. The standard InChI is InChI=1S/C13H23N5O2/c14-5-1-9-20-12-2-6-17(7-3-12)13(19)4-8-18-11-15-10-16-18/h10-12H,1-9,14H2. The Morgan fingerprint density at radius 2 is 2.20 bits per heavy atom. The Bertz CT molecular complexity index is 387. The van der Waals surface area contributed by atoms with E-state index in [0.29, 0.717) is 19.5 Å². The van der Waals surface area contributed by atoms with Gasteiger partial charge in [0.2, 0.25) is 5.91 Å². The first-order valence-electron chi connectivity index (χ1n) is 7.21. The normalized spacial score (nSPS) is 16.6. The maximum atomic E-state index is 12.1. The number of aromatic nitrogens is 3. The Kier molecular flexibility index (Phi) is 5.94. The lowest BCUT2D eigenvalue weighted by atomic mass is 10.1. The molecule has 0 aliphatic carbocycles. The summed E-state index contributed by atoms with van der Waals surface area (Å²) in [6.07, 6.45) is 6.60. The Labute approximate surface area is 119 Å². The van der Waals surface area contributed by atoms with Crippen LogP contribution in [-0.4, -0.2) is 57.9 Å². The first-order chi connectivity index (χ1) is 9.79. The van der Waals surface area contributed by atoms with Crippen LogP contribution in [0, 0.1) is 0 Å². The van der Waals surface area contributed by atoms with Gasteiger partial charge in [-0.15, -0.1) is 0 Å². The Balaban J connectivity index is 1.64. The SMILES string of the molecule is NCCCOC1CCN(C(=O)CCn2cncn2)CC1. The monoisotopic (exact) mass is 281 g/mol. The molecule has 7 heteroatoms. The van der Waals surface area contributed by atoms with Crippen LogP contribution in [0.2, 0.25) is 0 Å². The van der Waals surface area contributed by atoms with Crippen molar-refractivity contribution in [2.75, 3.05) is 26.2 Å². The van der Waals surface area contributed by atoms with Crippen LogP contribution in [0.4, 0.5) is 0 Å². The Morgan fingerprint density at radius 1 is 1.40 bits per heavy atom. The molecule has 0 unspecified atom stereocenters. The number of rotatable bonds is 7. The largest absolute Gasteiger partial charge is 0.378 e. The number of carbonyl (C=O) groups is 1. The fourth-order valence-electron chi connectivity index (χ4n) is 2.32. The maximum absolute atomic E-state index is 12.1. The van der Waals surface area contributed by atoms with Crippen LogP contribution in [0.25, 0.3) is 0 Å². The third kappa shape index (κ3) is 4.57. The van der Waals surface area contributed by atoms with E-state index < -0.39 is 0 Å². The molecule has 1 aliphatic heterocycles. The van der Waals surface area contributed by atoms with E-state index in [-0.39, 0.29) is 12.0 Å². The highest BCUT2D eigenvalue weighted by Crippen LogP contribution is 2.14. The number of likely N-dealkylation sites (tertiary alicyclic amines) is 1. The molecule has 1 aromatic heterocycles. The summed E-state index contributed by atoms with van der Waals surface area (Å²) in [6, 6.07) is 0. The summed E-state index contributed by atoms with van der Waals surface area (Å²) in [4.78, 5) is 17.8. The number of piperidine rings is 1. The van der Waals surface area contributed by atoms with Crippen LogP contribution >= 0.6 is 0 Å².